The summed E-state index contributed by atoms with van der Waals surface area (Å²) >= 11 is 3.44. The summed E-state index contributed by atoms with van der Waals surface area (Å²) in [4.78, 5) is 0. The first kappa shape index (κ1) is 12.4. The Morgan fingerprint density at radius 3 is 2.74 bits per heavy atom. The minimum Gasteiger partial charge on any atom is -0.324 e. The van der Waals surface area contributed by atoms with Crippen LogP contribution in [0.1, 0.15) is 17.2 Å². The van der Waals surface area contributed by atoms with Crippen molar-refractivity contribution in [2.45, 2.75) is 12.5 Å². The average Bonchev–Trinajstić information content (AvgIpc) is 2.85. The van der Waals surface area contributed by atoms with E-state index in [1.807, 2.05) is 47.2 Å². The maximum Gasteiger partial charge on any atom is 0.0709 e. The maximum atomic E-state index is 6.31. The Morgan fingerprint density at radius 2 is 1.95 bits per heavy atom. The van der Waals surface area contributed by atoms with Gasteiger partial charge in [0.15, 0.2) is 0 Å². The second-order valence-electron chi connectivity index (χ2n) is 4.57. The molecule has 0 saturated heterocycles. The van der Waals surface area contributed by atoms with Crippen molar-refractivity contribution < 1.29 is 0 Å². The predicted octanol–water partition coefficient (Wildman–Crippen LogP) is 3.34. The van der Waals surface area contributed by atoms with E-state index >= 15 is 0 Å². The van der Waals surface area contributed by atoms with E-state index in [1.165, 1.54) is 5.56 Å². The van der Waals surface area contributed by atoms with Gasteiger partial charge in [0.2, 0.25) is 0 Å². The summed E-state index contributed by atoms with van der Waals surface area (Å²) in [5.41, 5.74) is 9.70. The average molecular weight is 316 g/mol. The van der Waals surface area contributed by atoms with E-state index in [-0.39, 0.29) is 6.04 Å². The van der Waals surface area contributed by atoms with Crippen LogP contribution in [-0.2, 0) is 6.42 Å². The largest absolute Gasteiger partial charge is 0.324 e. The predicted molar refractivity (Wildman–Crippen MR) is 80.0 cm³/mol. The Hall–Kier alpha value is -1.65. The first-order valence-corrected chi connectivity index (χ1v) is 6.95. The second-order valence-corrected chi connectivity index (χ2v) is 5.48. The van der Waals surface area contributed by atoms with E-state index in [4.69, 9.17) is 5.73 Å². The van der Waals surface area contributed by atoms with Crippen molar-refractivity contribution in [3.8, 4) is 0 Å². The molecule has 0 amide bonds. The lowest BCUT2D eigenvalue weighted by molar-refractivity contribution is 0.727. The standard InChI is InChI=1S/C15H14BrN3/c16-12-6-4-11(5-7-12)9-14(17)13-10-18-19-8-2-1-3-15(13)19/h1-8,10,14H,9,17H2. The van der Waals surface area contributed by atoms with E-state index in [1.54, 1.807) is 0 Å². The van der Waals surface area contributed by atoms with Crippen LogP contribution in [0.4, 0.5) is 0 Å². The zero-order valence-electron chi connectivity index (χ0n) is 10.3. The van der Waals surface area contributed by atoms with Crippen molar-refractivity contribution in [2.75, 3.05) is 0 Å². The highest BCUT2D eigenvalue weighted by Gasteiger charge is 2.12. The van der Waals surface area contributed by atoms with Gasteiger partial charge in [0, 0.05) is 22.3 Å². The molecule has 3 nitrogen and oxygen atoms in total. The van der Waals surface area contributed by atoms with Crippen LogP contribution in [0.5, 0.6) is 0 Å². The van der Waals surface area contributed by atoms with Gasteiger partial charge in [-0.15, -0.1) is 0 Å². The number of hydrogen-bond acceptors (Lipinski definition) is 2. The molecule has 96 valence electrons. The fourth-order valence-corrected chi connectivity index (χ4v) is 2.49. The molecule has 0 aliphatic heterocycles. The SMILES string of the molecule is NC(Cc1ccc(Br)cc1)c1cnn2ccccc12. The lowest BCUT2D eigenvalue weighted by Crippen LogP contribution is -2.13. The van der Waals surface area contributed by atoms with Crippen molar-refractivity contribution in [3.05, 3.63) is 70.5 Å². The molecule has 0 radical (unpaired) electrons. The van der Waals surface area contributed by atoms with Gasteiger partial charge in [-0.05, 0) is 36.2 Å². The topological polar surface area (TPSA) is 43.3 Å². The molecule has 0 bridgehead atoms. The molecule has 4 heteroatoms. The first-order valence-electron chi connectivity index (χ1n) is 6.16. The number of fused-ring (bicyclic) bond motifs is 1. The molecular weight excluding hydrogens is 302 g/mol. The monoisotopic (exact) mass is 315 g/mol. The molecule has 1 atom stereocenters. The number of benzene rings is 1. The van der Waals surface area contributed by atoms with Crippen molar-refractivity contribution >= 4 is 21.4 Å². The van der Waals surface area contributed by atoms with Crippen LogP contribution in [0.2, 0.25) is 0 Å². The van der Waals surface area contributed by atoms with Gasteiger partial charge in [0.05, 0.1) is 11.7 Å². The highest BCUT2D eigenvalue weighted by atomic mass is 79.9. The van der Waals surface area contributed by atoms with Gasteiger partial charge >= 0.3 is 0 Å². The van der Waals surface area contributed by atoms with Crippen LogP contribution >= 0.6 is 15.9 Å². The summed E-state index contributed by atoms with van der Waals surface area (Å²) in [5.74, 6) is 0. The van der Waals surface area contributed by atoms with E-state index in [9.17, 15) is 0 Å². The summed E-state index contributed by atoms with van der Waals surface area (Å²) in [5, 5.41) is 4.32. The zero-order chi connectivity index (χ0) is 13.2. The Bertz CT molecular complexity index is 688. The van der Waals surface area contributed by atoms with Crippen LogP contribution in [-0.4, -0.2) is 9.61 Å². The van der Waals surface area contributed by atoms with Gasteiger partial charge in [0.1, 0.15) is 0 Å². The van der Waals surface area contributed by atoms with Gasteiger partial charge in [-0.3, -0.25) is 0 Å². The van der Waals surface area contributed by atoms with Crippen LogP contribution in [0.25, 0.3) is 5.52 Å². The van der Waals surface area contributed by atoms with Crippen molar-refractivity contribution in [3.63, 3.8) is 0 Å². The molecule has 1 unspecified atom stereocenters. The lowest BCUT2D eigenvalue weighted by atomic mass is 10.0. The maximum absolute atomic E-state index is 6.31. The molecule has 2 heterocycles. The Kier molecular flexibility index (Phi) is 3.36. The fraction of sp³-hybridized carbons (Fsp3) is 0.133. The molecular formula is C15H14BrN3. The number of halogens is 1. The molecule has 0 spiro atoms. The number of pyridine rings is 1. The smallest absolute Gasteiger partial charge is 0.0709 e. The van der Waals surface area contributed by atoms with Gasteiger partial charge in [0.25, 0.3) is 0 Å². The molecule has 0 saturated carbocycles. The number of rotatable bonds is 3. The molecule has 0 aliphatic rings. The number of aromatic nitrogens is 2. The van der Waals surface area contributed by atoms with Gasteiger partial charge in [-0.2, -0.15) is 5.10 Å². The molecule has 2 aromatic heterocycles. The van der Waals surface area contributed by atoms with E-state index < -0.39 is 0 Å². The molecule has 0 fully saturated rings. The number of nitrogens with two attached hydrogens (primary N) is 1. The van der Waals surface area contributed by atoms with Crippen LogP contribution < -0.4 is 5.73 Å². The fourth-order valence-electron chi connectivity index (χ4n) is 2.22. The normalized spacial score (nSPS) is 12.7. The molecule has 19 heavy (non-hydrogen) atoms. The van der Waals surface area contributed by atoms with E-state index in [0.717, 1.165) is 22.0 Å². The quantitative estimate of drug-likeness (QED) is 0.805. The van der Waals surface area contributed by atoms with Crippen molar-refractivity contribution in [1.82, 2.24) is 9.61 Å². The second kappa shape index (κ2) is 5.15. The van der Waals surface area contributed by atoms with Gasteiger partial charge in [-0.25, -0.2) is 4.52 Å². The summed E-state index contributed by atoms with van der Waals surface area (Å²) in [7, 11) is 0. The van der Waals surface area contributed by atoms with Crippen LogP contribution in [0.15, 0.2) is 59.3 Å². The van der Waals surface area contributed by atoms with Crippen LogP contribution in [0, 0.1) is 0 Å². The minimum absolute atomic E-state index is 0.0407. The highest BCUT2D eigenvalue weighted by Crippen LogP contribution is 2.21. The summed E-state index contributed by atoms with van der Waals surface area (Å²) in [6.45, 7) is 0. The number of hydrogen-bond donors (Lipinski definition) is 1. The molecule has 0 aliphatic carbocycles. The van der Waals surface area contributed by atoms with E-state index in [0.29, 0.717) is 0 Å². The summed E-state index contributed by atoms with van der Waals surface area (Å²) < 4.78 is 2.94. The lowest BCUT2D eigenvalue weighted by Gasteiger charge is -2.10. The van der Waals surface area contributed by atoms with Gasteiger partial charge < -0.3 is 5.73 Å². The van der Waals surface area contributed by atoms with Crippen LogP contribution in [0.3, 0.4) is 0 Å². The van der Waals surface area contributed by atoms with Gasteiger partial charge in [-0.1, -0.05) is 34.1 Å². The third-order valence-corrected chi connectivity index (χ3v) is 3.75. The van der Waals surface area contributed by atoms with E-state index in [2.05, 4.69) is 33.2 Å². The molecule has 3 aromatic rings. The number of nitrogens with zero attached hydrogens (tertiary/aromatic N) is 2. The molecule has 3 rings (SSSR count). The summed E-state index contributed by atoms with van der Waals surface area (Å²) in [6.07, 6.45) is 4.60. The highest BCUT2D eigenvalue weighted by molar-refractivity contribution is 9.10. The first-order chi connectivity index (χ1) is 9.24. The third-order valence-electron chi connectivity index (χ3n) is 3.22. The molecule has 2 N–H and O–H groups in total. The Morgan fingerprint density at radius 1 is 1.16 bits per heavy atom. The van der Waals surface area contributed by atoms with Crippen molar-refractivity contribution in [2.24, 2.45) is 5.73 Å². The third kappa shape index (κ3) is 2.55. The Balaban J connectivity index is 1.87. The minimum atomic E-state index is -0.0407. The summed E-state index contributed by atoms with van der Waals surface area (Å²) in [6, 6.07) is 14.2. The molecule has 1 aromatic carbocycles. The Labute approximate surface area is 120 Å². The zero-order valence-corrected chi connectivity index (χ0v) is 11.9. The van der Waals surface area contributed by atoms with Crippen molar-refractivity contribution in [1.29, 1.82) is 0 Å².